The number of carbonyl (C=O) groups excluding carboxylic acids is 2. The largest absolute Gasteiger partial charge is 0.394 e. The van der Waals surface area contributed by atoms with Gasteiger partial charge in [0.2, 0.25) is 11.8 Å². The lowest BCUT2D eigenvalue weighted by Gasteiger charge is -2.29. The SMILES string of the molecule is O=C(NC(CO)C1CCc2ccccc21)[C@@H]1CSCN1C(=O)C1CCCC1. The maximum atomic E-state index is 13.0. The number of hydrogen-bond donors (Lipinski definition) is 2. The van der Waals surface area contributed by atoms with Gasteiger partial charge in [0.25, 0.3) is 0 Å². The van der Waals surface area contributed by atoms with Crippen LogP contribution in [0.1, 0.15) is 49.1 Å². The van der Waals surface area contributed by atoms with E-state index < -0.39 is 6.04 Å². The van der Waals surface area contributed by atoms with Crippen molar-refractivity contribution in [2.75, 3.05) is 18.2 Å². The Morgan fingerprint density at radius 3 is 2.78 bits per heavy atom. The lowest BCUT2D eigenvalue weighted by Crippen LogP contribution is -2.52. The molecule has 3 atom stereocenters. The Morgan fingerprint density at radius 2 is 2.00 bits per heavy atom. The number of fused-ring (bicyclic) bond motifs is 1. The van der Waals surface area contributed by atoms with Crippen LogP contribution in [-0.2, 0) is 16.0 Å². The summed E-state index contributed by atoms with van der Waals surface area (Å²) in [5.74, 6) is 1.50. The van der Waals surface area contributed by atoms with Crippen molar-refractivity contribution in [3.05, 3.63) is 35.4 Å². The second-order valence-electron chi connectivity index (χ2n) is 7.95. The number of thioether (sulfide) groups is 1. The highest BCUT2D eigenvalue weighted by atomic mass is 32.2. The van der Waals surface area contributed by atoms with Gasteiger partial charge in [0.1, 0.15) is 6.04 Å². The molecular weight excluding hydrogens is 360 g/mol. The van der Waals surface area contributed by atoms with Gasteiger partial charge in [0.15, 0.2) is 0 Å². The van der Waals surface area contributed by atoms with E-state index >= 15 is 0 Å². The zero-order valence-electron chi connectivity index (χ0n) is 15.6. The molecule has 4 rings (SSSR count). The Balaban J connectivity index is 1.43. The molecule has 2 unspecified atom stereocenters. The molecule has 146 valence electrons. The average Bonchev–Trinajstić information content (AvgIpc) is 3.45. The van der Waals surface area contributed by atoms with Crippen LogP contribution < -0.4 is 5.32 Å². The van der Waals surface area contributed by atoms with Crippen LogP contribution in [0.25, 0.3) is 0 Å². The summed E-state index contributed by atoms with van der Waals surface area (Å²) in [6, 6.07) is 7.58. The molecule has 5 nitrogen and oxygen atoms in total. The van der Waals surface area contributed by atoms with Crippen LogP contribution >= 0.6 is 11.8 Å². The molecule has 3 aliphatic rings. The summed E-state index contributed by atoms with van der Waals surface area (Å²) >= 11 is 1.64. The first-order valence-electron chi connectivity index (χ1n) is 10.1. The molecule has 2 amide bonds. The van der Waals surface area contributed by atoms with Gasteiger partial charge in [0.05, 0.1) is 18.5 Å². The topological polar surface area (TPSA) is 69.6 Å². The normalized spacial score (nSPS) is 26.2. The van der Waals surface area contributed by atoms with Crippen molar-refractivity contribution in [1.29, 1.82) is 0 Å². The van der Waals surface area contributed by atoms with E-state index in [1.165, 1.54) is 11.1 Å². The molecule has 2 N–H and O–H groups in total. The first-order chi connectivity index (χ1) is 13.2. The Hall–Kier alpha value is -1.53. The third-order valence-corrected chi connectivity index (χ3v) is 7.37. The summed E-state index contributed by atoms with van der Waals surface area (Å²) in [6.45, 7) is -0.0822. The zero-order valence-corrected chi connectivity index (χ0v) is 16.4. The van der Waals surface area contributed by atoms with Gasteiger partial charge in [-0.3, -0.25) is 9.59 Å². The van der Waals surface area contributed by atoms with E-state index in [-0.39, 0.29) is 36.3 Å². The molecule has 6 heteroatoms. The molecule has 0 spiro atoms. The number of aryl methyl sites for hydroxylation is 1. The lowest BCUT2D eigenvalue weighted by molar-refractivity contribution is -0.141. The van der Waals surface area contributed by atoms with Gasteiger partial charge in [-0.05, 0) is 36.8 Å². The molecule has 27 heavy (non-hydrogen) atoms. The van der Waals surface area contributed by atoms with Crippen LogP contribution in [0.4, 0.5) is 0 Å². The smallest absolute Gasteiger partial charge is 0.244 e. The van der Waals surface area contributed by atoms with Crippen LogP contribution in [0, 0.1) is 5.92 Å². The van der Waals surface area contributed by atoms with E-state index in [9.17, 15) is 14.7 Å². The summed E-state index contributed by atoms with van der Waals surface area (Å²) in [7, 11) is 0. The maximum Gasteiger partial charge on any atom is 0.244 e. The van der Waals surface area contributed by atoms with Crippen LogP contribution in [0.3, 0.4) is 0 Å². The van der Waals surface area contributed by atoms with Crippen LogP contribution in [-0.4, -0.2) is 52.1 Å². The van der Waals surface area contributed by atoms with Gasteiger partial charge in [-0.25, -0.2) is 0 Å². The van der Waals surface area contributed by atoms with Crippen molar-refractivity contribution in [3.8, 4) is 0 Å². The van der Waals surface area contributed by atoms with Crippen molar-refractivity contribution < 1.29 is 14.7 Å². The number of amides is 2. The lowest BCUT2D eigenvalue weighted by atomic mass is 9.93. The molecule has 1 aromatic carbocycles. The number of aliphatic hydroxyl groups is 1. The fourth-order valence-corrected chi connectivity index (χ4v) is 6.01. The molecule has 1 saturated heterocycles. The predicted octanol–water partition coefficient (Wildman–Crippen LogP) is 2.29. The molecular formula is C21H28N2O3S. The van der Waals surface area contributed by atoms with E-state index in [2.05, 4.69) is 17.4 Å². The highest BCUT2D eigenvalue weighted by molar-refractivity contribution is 7.99. The van der Waals surface area contributed by atoms with Gasteiger partial charge in [0, 0.05) is 17.6 Å². The van der Waals surface area contributed by atoms with Gasteiger partial charge >= 0.3 is 0 Å². The highest BCUT2D eigenvalue weighted by Crippen LogP contribution is 2.36. The van der Waals surface area contributed by atoms with Gasteiger partial charge in [-0.1, -0.05) is 37.1 Å². The second-order valence-corrected chi connectivity index (χ2v) is 8.95. The Morgan fingerprint density at radius 1 is 1.22 bits per heavy atom. The minimum absolute atomic E-state index is 0.0822. The van der Waals surface area contributed by atoms with Gasteiger partial charge < -0.3 is 15.3 Å². The van der Waals surface area contributed by atoms with Crippen LogP contribution in [0.5, 0.6) is 0 Å². The number of nitrogens with one attached hydrogen (secondary N) is 1. The summed E-state index contributed by atoms with van der Waals surface area (Å²) in [6.07, 6.45) is 6.05. The molecule has 2 fully saturated rings. The predicted molar refractivity (Wildman–Crippen MR) is 106 cm³/mol. The number of carbonyl (C=O) groups is 2. The summed E-state index contributed by atoms with van der Waals surface area (Å²) in [4.78, 5) is 27.6. The van der Waals surface area contributed by atoms with E-state index in [1.807, 2.05) is 12.1 Å². The van der Waals surface area contributed by atoms with E-state index in [4.69, 9.17) is 0 Å². The van der Waals surface area contributed by atoms with Crippen molar-refractivity contribution in [2.45, 2.75) is 56.5 Å². The molecule has 1 heterocycles. The number of nitrogens with zero attached hydrogens (tertiary/aromatic N) is 1. The second kappa shape index (κ2) is 8.23. The quantitative estimate of drug-likeness (QED) is 0.812. The van der Waals surface area contributed by atoms with Crippen molar-refractivity contribution in [2.24, 2.45) is 5.92 Å². The van der Waals surface area contributed by atoms with Crippen molar-refractivity contribution >= 4 is 23.6 Å². The number of aliphatic hydroxyl groups excluding tert-OH is 1. The molecule has 0 radical (unpaired) electrons. The van der Waals surface area contributed by atoms with E-state index in [0.717, 1.165) is 38.5 Å². The van der Waals surface area contributed by atoms with E-state index in [0.29, 0.717) is 11.6 Å². The number of rotatable bonds is 5. The molecule has 1 saturated carbocycles. The Bertz CT molecular complexity index is 704. The first-order valence-corrected chi connectivity index (χ1v) is 11.2. The molecule has 2 aliphatic carbocycles. The number of hydrogen-bond acceptors (Lipinski definition) is 4. The standard InChI is InChI=1S/C21H28N2O3S/c24-11-18(17-10-9-14-5-3-4-8-16(14)17)22-20(25)19-12-27-13-23(19)21(26)15-6-1-2-7-15/h3-5,8,15,17-19,24H,1-2,6-7,9-13H2,(H,22,25)/t17?,18?,19-/m0/s1. The van der Waals surface area contributed by atoms with Crippen molar-refractivity contribution in [3.63, 3.8) is 0 Å². The highest BCUT2D eigenvalue weighted by Gasteiger charge is 2.40. The summed E-state index contributed by atoms with van der Waals surface area (Å²) in [5.41, 5.74) is 2.54. The Kier molecular flexibility index (Phi) is 5.74. The minimum atomic E-state index is -0.409. The summed E-state index contributed by atoms with van der Waals surface area (Å²) in [5, 5.41) is 13.0. The van der Waals surface area contributed by atoms with Crippen LogP contribution in [0.15, 0.2) is 24.3 Å². The fourth-order valence-electron chi connectivity index (χ4n) is 4.84. The van der Waals surface area contributed by atoms with Gasteiger partial charge in [-0.15, -0.1) is 11.8 Å². The monoisotopic (exact) mass is 388 g/mol. The molecule has 1 aliphatic heterocycles. The van der Waals surface area contributed by atoms with Gasteiger partial charge in [-0.2, -0.15) is 0 Å². The zero-order chi connectivity index (χ0) is 18.8. The van der Waals surface area contributed by atoms with Crippen molar-refractivity contribution in [1.82, 2.24) is 10.2 Å². The molecule has 1 aromatic rings. The maximum absolute atomic E-state index is 13.0. The fraction of sp³-hybridized carbons (Fsp3) is 0.619. The third-order valence-electron chi connectivity index (χ3n) is 6.36. The van der Waals surface area contributed by atoms with E-state index in [1.54, 1.807) is 16.7 Å². The molecule has 0 bridgehead atoms. The first kappa shape index (κ1) is 18.8. The Labute approximate surface area is 164 Å². The van der Waals surface area contributed by atoms with Crippen LogP contribution in [0.2, 0.25) is 0 Å². The minimum Gasteiger partial charge on any atom is -0.394 e. The number of benzene rings is 1. The average molecular weight is 389 g/mol. The molecule has 0 aromatic heterocycles. The third kappa shape index (κ3) is 3.74. The summed E-state index contributed by atoms with van der Waals surface area (Å²) < 4.78 is 0.